The molecule has 1 N–H and O–H groups in total. The molecule has 1 aromatic carbocycles. The van der Waals surface area contributed by atoms with Crippen molar-refractivity contribution in [1.82, 2.24) is 15.1 Å². The normalized spacial score (nSPS) is 23.1. The highest BCUT2D eigenvalue weighted by Crippen LogP contribution is 2.36. The molecule has 0 radical (unpaired) electrons. The number of likely N-dealkylation sites (tertiary alicyclic amines) is 2. The molecular weight excluding hydrogens is 354 g/mol. The summed E-state index contributed by atoms with van der Waals surface area (Å²) in [6.45, 7) is 9.37. The molecule has 2 aliphatic rings. The zero-order valence-corrected chi connectivity index (χ0v) is 17.3. The Balaban J connectivity index is 1.65. The Hall–Kier alpha value is -2.24. The molecule has 2 saturated heterocycles. The number of hydrogen-bond donors (Lipinski definition) is 1. The monoisotopic (exact) mass is 387 g/mol. The molecule has 0 spiro atoms. The maximum atomic E-state index is 12.6. The molecule has 0 saturated carbocycles. The third-order valence-electron chi connectivity index (χ3n) is 5.99. The van der Waals surface area contributed by atoms with Crippen molar-refractivity contribution in [3.63, 3.8) is 0 Å². The van der Waals surface area contributed by atoms with Gasteiger partial charge in [0, 0.05) is 45.1 Å². The van der Waals surface area contributed by atoms with Gasteiger partial charge in [0.05, 0.1) is 6.61 Å². The van der Waals surface area contributed by atoms with Crippen LogP contribution in [0.1, 0.15) is 33.6 Å². The highest BCUT2D eigenvalue weighted by molar-refractivity contribution is 5.75. The number of hydrogen-bond acceptors (Lipinski definition) is 3. The molecule has 2 fully saturated rings. The summed E-state index contributed by atoms with van der Waals surface area (Å²) in [5, 5.41) is 3.02. The number of urea groups is 1. The molecule has 2 atom stereocenters. The summed E-state index contributed by atoms with van der Waals surface area (Å²) < 4.78 is 6.06. The van der Waals surface area contributed by atoms with Gasteiger partial charge in [0.15, 0.2) is 0 Å². The number of piperidine rings is 1. The first-order chi connectivity index (χ1) is 13.4. The topological polar surface area (TPSA) is 61.9 Å². The minimum absolute atomic E-state index is 0.0170. The van der Waals surface area contributed by atoms with E-state index in [-0.39, 0.29) is 18.0 Å². The number of nitrogens with zero attached hydrogens (tertiary/aromatic N) is 2. The lowest BCUT2D eigenvalue weighted by atomic mass is 9.79. The van der Waals surface area contributed by atoms with Crippen LogP contribution in [0.25, 0.3) is 0 Å². The number of nitrogens with one attached hydrogen (secondary N) is 1. The molecule has 154 valence electrons. The molecule has 0 bridgehead atoms. The lowest BCUT2D eigenvalue weighted by molar-refractivity contribution is -0.130. The van der Waals surface area contributed by atoms with Gasteiger partial charge in [-0.15, -0.1) is 0 Å². The number of ether oxygens (including phenoxy) is 1. The average molecular weight is 388 g/mol. The van der Waals surface area contributed by atoms with Crippen LogP contribution in [0, 0.1) is 17.8 Å². The Labute approximate surface area is 168 Å². The first-order valence-electron chi connectivity index (χ1n) is 10.4. The molecule has 28 heavy (non-hydrogen) atoms. The quantitative estimate of drug-likeness (QED) is 0.845. The fourth-order valence-electron chi connectivity index (χ4n) is 4.47. The summed E-state index contributed by atoms with van der Waals surface area (Å²) in [6, 6.07) is 10.0. The Morgan fingerprint density at radius 3 is 2.39 bits per heavy atom. The van der Waals surface area contributed by atoms with E-state index in [0.29, 0.717) is 24.4 Å². The fraction of sp³-hybridized carbons (Fsp3) is 0.636. The average Bonchev–Trinajstić information content (AvgIpc) is 3.11. The highest BCUT2D eigenvalue weighted by Gasteiger charge is 2.41. The van der Waals surface area contributed by atoms with Crippen LogP contribution in [0.15, 0.2) is 30.3 Å². The van der Waals surface area contributed by atoms with E-state index in [1.807, 2.05) is 54.0 Å². The van der Waals surface area contributed by atoms with Gasteiger partial charge in [0.2, 0.25) is 5.91 Å². The van der Waals surface area contributed by atoms with Crippen molar-refractivity contribution >= 4 is 11.9 Å². The molecular formula is C22H33N3O3. The van der Waals surface area contributed by atoms with Gasteiger partial charge >= 0.3 is 6.03 Å². The first kappa shape index (κ1) is 20.5. The van der Waals surface area contributed by atoms with Crippen LogP contribution in [0.5, 0.6) is 5.75 Å². The van der Waals surface area contributed by atoms with Crippen LogP contribution in [0.2, 0.25) is 0 Å². The number of para-hydroxylation sites is 1. The number of amides is 3. The van der Waals surface area contributed by atoms with E-state index >= 15 is 0 Å². The summed E-state index contributed by atoms with van der Waals surface area (Å²) >= 11 is 0. The SMILES string of the molecule is CC(=O)N1CCC([C@@H]2CN(C(=O)NC(C)C)C[C@H]2COc2ccccc2)CC1. The third-order valence-corrected chi connectivity index (χ3v) is 5.99. The zero-order valence-electron chi connectivity index (χ0n) is 17.3. The Bertz CT molecular complexity index is 656. The van der Waals surface area contributed by atoms with Gasteiger partial charge in [-0.2, -0.15) is 0 Å². The maximum Gasteiger partial charge on any atom is 0.317 e. The molecule has 6 heteroatoms. The van der Waals surface area contributed by atoms with Crippen LogP contribution in [-0.2, 0) is 4.79 Å². The summed E-state index contributed by atoms with van der Waals surface area (Å²) in [5.41, 5.74) is 0. The predicted octanol–water partition coefficient (Wildman–Crippen LogP) is 2.99. The van der Waals surface area contributed by atoms with Crippen LogP contribution in [0.3, 0.4) is 0 Å². The van der Waals surface area contributed by atoms with Gasteiger partial charge in [-0.1, -0.05) is 18.2 Å². The summed E-state index contributed by atoms with van der Waals surface area (Å²) in [6.07, 6.45) is 2.01. The van der Waals surface area contributed by atoms with Gasteiger partial charge < -0.3 is 19.9 Å². The number of carbonyl (C=O) groups is 2. The Kier molecular flexibility index (Phi) is 6.81. The minimum atomic E-state index is 0.0170. The molecule has 0 unspecified atom stereocenters. The maximum absolute atomic E-state index is 12.6. The van der Waals surface area contributed by atoms with E-state index in [9.17, 15) is 9.59 Å². The Morgan fingerprint density at radius 1 is 1.11 bits per heavy atom. The van der Waals surface area contributed by atoms with Crippen LogP contribution in [-0.4, -0.2) is 60.6 Å². The third kappa shape index (κ3) is 5.18. The largest absolute Gasteiger partial charge is 0.493 e. The van der Waals surface area contributed by atoms with Crippen molar-refractivity contribution in [2.45, 2.75) is 39.7 Å². The molecule has 2 heterocycles. The second-order valence-corrected chi connectivity index (χ2v) is 8.40. The number of carbonyl (C=O) groups excluding carboxylic acids is 2. The molecule has 2 aliphatic heterocycles. The second kappa shape index (κ2) is 9.30. The lowest BCUT2D eigenvalue weighted by Crippen LogP contribution is -2.43. The first-order valence-corrected chi connectivity index (χ1v) is 10.4. The van der Waals surface area contributed by atoms with E-state index in [2.05, 4.69) is 5.32 Å². The van der Waals surface area contributed by atoms with E-state index in [0.717, 1.165) is 44.8 Å². The predicted molar refractivity (Wildman–Crippen MR) is 109 cm³/mol. The van der Waals surface area contributed by atoms with Gasteiger partial charge in [0.25, 0.3) is 0 Å². The second-order valence-electron chi connectivity index (χ2n) is 8.40. The number of rotatable bonds is 5. The molecule has 1 aromatic rings. The van der Waals surface area contributed by atoms with E-state index < -0.39 is 0 Å². The van der Waals surface area contributed by atoms with Crippen molar-refractivity contribution in [2.75, 3.05) is 32.8 Å². The van der Waals surface area contributed by atoms with E-state index in [4.69, 9.17) is 4.74 Å². The molecule has 0 aromatic heterocycles. The van der Waals surface area contributed by atoms with Crippen molar-refractivity contribution in [3.05, 3.63) is 30.3 Å². The van der Waals surface area contributed by atoms with E-state index in [1.54, 1.807) is 6.92 Å². The summed E-state index contributed by atoms with van der Waals surface area (Å²) in [5.74, 6) is 2.28. The van der Waals surface area contributed by atoms with Gasteiger partial charge in [-0.3, -0.25) is 4.79 Å². The van der Waals surface area contributed by atoms with Crippen molar-refractivity contribution in [3.8, 4) is 5.75 Å². The Morgan fingerprint density at radius 2 is 1.79 bits per heavy atom. The van der Waals surface area contributed by atoms with Crippen molar-refractivity contribution in [1.29, 1.82) is 0 Å². The smallest absolute Gasteiger partial charge is 0.317 e. The van der Waals surface area contributed by atoms with Crippen molar-refractivity contribution < 1.29 is 14.3 Å². The van der Waals surface area contributed by atoms with E-state index in [1.165, 1.54) is 0 Å². The van der Waals surface area contributed by atoms with Crippen LogP contribution < -0.4 is 10.1 Å². The van der Waals surface area contributed by atoms with Gasteiger partial charge in [-0.25, -0.2) is 4.79 Å². The summed E-state index contributed by atoms with van der Waals surface area (Å²) in [4.78, 5) is 28.1. The molecule has 3 rings (SSSR count). The minimum Gasteiger partial charge on any atom is -0.493 e. The molecule has 3 amide bonds. The lowest BCUT2D eigenvalue weighted by Gasteiger charge is -2.36. The molecule has 0 aliphatic carbocycles. The molecule has 6 nitrogen and oxygen atoms in total. The van der Waals surface area contributed by atoms with Gasteiger partial charge in [-0.05, 0) is 50.7 Å². The van der Waals surface area contributed by atoms with Crippen LogP contribution >= 0.6 is 0 Å². The zero-order chi connectivity index (χ0) is 20.1. The van der Waals surface area contributed by atoms with Gasteiger partial charge in [0.1, 0.15) is 5.75 Å². The number of benzene rings is 1. The summed E-state index contributed by atoms with van der Waals surface area (Å²) in [7, 11) is 0. The standard InChI is InChI=1S/C22H33N3O3/c1-16(2)23-22(27)25-13-19(15-28-20-7-5-4-6-8-20)21(14-25)18-9-11-24(12-10-18)17(3)26/h4-8,16,18-19,21H,9-15H2,1-3H3,(H,23,27)/t19-,21-/m0/s1. The van der Waals surface area contributed by atoms with Crippen LogP contribution in [0.4, 0.5) is 4.79 Å². The highest BCUT2D eigenvalue weighted by atomic mass is 16.5. The van der Waals surface area contributed by atoms with Crippen molar-refractivity contribution in [2.24, 2.45) is 17.8 Å². The fourth-order valence-corrected chi connectivity index (χ4v) is 4.47.